The lowest BCUT2D eigenvalue weighted by atomic mass is 10.2. The van der Waals surface area contributed by atoms with Gasteiger partial charge in [-0.3, -0.25) is 9.55 Å². The number of aliphatic hydroxyl groups is 1. The van der Waals surface area contributed by atoms with Gasteiger partial charge in [0.1, 0.15) is 0 Å². The summed E-state index contributed by atoms with van der Waals surface area (Å²) in [4.78, 5) is 4.04. The van der Waals surface area contributed by atoms with E-state index in [0.717, 1.165) is 11.1 Å². The summed E-state index contributed by atoms with van der Waals surface area (Å²) in [5, 5.41) is 18.9. The third-order valence-electron chi connectivity index (χ3n) is 4.37. The van der Waals surface area contributed by atoms with E-state index in [1.807, 2.05) is 47.0 Å². The Hall–Kier alpha value is -2.23. The first-order valence-corrected chi connectivity index (χ1v) is 11.1. The number of aliphatic hydroxyl groups excluding tert-OH is 1. The van der Waals surface area contributed by atoms with Crippen LogP contribution >= 0.6 is 11.8 Å². The third-order valence-corrected chi connectivity index (χ3v) is 7.59. The molecule has 9 heteroatoms. The van der Waals surface area contributed by atoms with Crippen LogP contribution in [0.1, 0.15) is 5.56 Å². The largest absolute Gasteiger partial charge is 0.391 e. The molecule has 1 N–H and O–H groups in total. The Morgan fingerprint density at radius 1 is 1.07 bits per heavy atom. The van der Waals surface area contributed by atoms with Crippen molar-refractivity contribution in [1.29, 1.82) is 0 Å². The Bertz CT molecular complexity index is 1020. The van der Waals surface area contributed by atoms with Gasteiger partial charge in [-0.25, -0.2) is 8.42 Å². The van der Waals surface area contributed by atoms with Crippen LogP contribution < -0.4 is 0 Å². The fourth-order valence-electron chi connectivity index (χ4n) is 3.04. The molecule has 0 saturated carbocycles. The second-order valence-corrected chi connectivity index (χ2v) is 9.77. The van der Waals surface area contributed by atoms with Gasteiger partial charge < -0.3 is 5.11 Å². The molecule has 0 bridgehead atoms. The lowest BCUT2D eigenvalue weighted by molar-refractivity contribution is 0.207. The number of nitrogens with zero attached hydrogens (tertiary/aromatic N) is 4. The van der Waals surface area contributed by atoms with E-state index in [4.69, 9.17) is 0 Å². The van der Waals surface area contributed by atoms with Crippen LogP contribution in [0.2, 0.25) is 0 Å². The predicted octanol–water partition coefficient (Wildman–Crippen LogP) is 1.64. The molecule has 0 aliphatic carbocycles. The zero-order chi connectivity index (χ0) is 18.9. The van der Waals surface area contributed by atoms with Gasteiger partial charge >= 0.3 is 0 Å². The summed E-state index contributed by atoms with van der Waals surface area (Å²) in [6.45, 7) is 0.545. The maximum Gasteiger partial charge on any atom is 0.192 e. The van der Waals surface area contributed by atoms with Gasteiger partial charge in [-0.05, 0) is 17.7 Å². The van der Waals surface area contributed by atoms with Crippen molar-refractivity contribution in [3.8, 4) is 11.4 Å². The van der Waals surface area contributed by atoms with E-state index < -0.39 is 21.2 Å². The number of benzene rings is 1. The zero-order valence-corrected chi connectivity index (χ0v) is 16.0. The van der Waals surface area contributed by atoms with Crippen LogP contribution in [-0.4, -0.2) is 56.1 Å². The lowest BCUT2D eigenvalue weighted by Crippen LogP contribution is -2.20. The average molecular weight is 403 g/mol. The summed E-state index contributed by atoms with van der Waals surface area (Å²) in [6, 6.07) is 13.6. The van der Waals surface area contributed by atoms with Gasteiger partial charge in [-0.15, -0.1) is 10.2 Å². The molecule has 0 amide bonds. The van der Waals surface area contributed by atoms with Crippen molar-refractivity contribution in [2.45, 2.75) is 23.1 Å². The quantitative estimate of drug-likeness (QED) is 0.693. The molecule has 1 aliphatic rings. The monoisotopic (exact) mass is 402 g/mol. The van der Waals surface area contributed by atoms with Gasteiger partial charge in [0.15, 0.2) is 20.8 Å². The molecule has 140 valence electrons. The molecule has 0 spiro atoms. The predicted molar refractivity (Wildman–Crippen MR) is 103 cm³/mol. The van der Waals surface area contributed by atoms with Crippen molar-refractivity contribution in [1.82, 2.24) is 19.7 Å². The summed E-state index contributed by atoms with van der Waals surface area (Å²) < 4.78 is 25.6. The van der Waals surface area contributed by atoms with Gasteiger partial charge in [-0.2, -0.15) is 0 Å². The average Bonchev–Trinajstić information content (AvgIpc) is 3.16. The Kier molecular flexibility index (Phi) is 4.98. The van der Waals surface area contributed by atoms with E-state index in [0.29, 0.717) is 17.5 Å². The zero-order valence-electron chi connectivity index (χ0n) is 14.3. The molecule has 1 aromatic carbocycles. The molecule has 27 heavy (non-hydrogen) atoms. The smallest absolute Gasteiger partial charge is 0.192 e. The normalized spacial score (nSPS) is 21.4. The van der Waals surface area contributed by atoms with Crippen molar-refractivity contribution >= 4 is 21.6 Å². The molecule has 1 aliphatic heterocycles. The van der Waals surface area contributed by atoms with Crippen LogP contribution in [0.4, 0.5) is 0 Å². The number of sulfone groups is 1. The topological polar surface area (TPSA) is 98.0 Å². The molecule has 0 unspecified atom stereocenters. The van der Waals surface area contributed by atoms with Crippen molar-refractivity contribution in [3.63, 3.8) is 0 Å². The number of rotatable bonds is 5. The molecular weight excluding hydrogens is 384 g/mol. The molecule has 1 fully saturated rings. The molecule has 2 aromatic heterocycles. The van der Waals surface area contributed by atoms with E-state index in [2.05, 4.69) is 15.2 Å². The minimum atomic E-state index is -3.22. The molecule has 3 heterocycles. The van der Waals surface area contributed by atoms with E-state index >= 15 is 0 Å². The molecule has 2 atom stereocenters. The fraction of sp³-hybridized carbons (Fsp3) is 0.278. The maximum atomic E-state index is 11.8. The van der Waals surface area contributed by atoms with Crippen LogP contribution in [0, 0.1) is 0 Å². The first-order valence-electron chi connectivity index (χ1n) is 8.44. The number of pyridine rings is 1. The minimum absolute atomic E-state index is 0.0539. The van der Waals surface area contributed by atoms with Crippen molar-refractivity contribution in [3.05, 3.63) is 60.4 Å². The van der Waals surface area contributed by atoms with Gasteiger partial charge in [-0.1, -0.05) is 42.1 Å². The van der Waals surface area contributed by atoms with Crippen molar-refractivity contribution in [2.24, 2.45) is 0 Å². The molecule has 7 nitrogen and oxygen atoms in total. The van der Waals surface area contributed by atoms with E-state index in [-0.39, 0.29) is 11.5 Å². The lowest BCUT2D eigenvalue weighted by Gasteiger charge is -2.14. The SMILES string of the molecule is O=S1(=O)C[C@H](Sc2nnc(-c3ccncc3)n2Cc2ccccc2)[C@@H](O)C1. The first kappa shape index (κ1) is 18.1. The molecular formula is C18H18N4O3S2. The minimum Gasteiger partial charge on any atom is -0.391 e. The van der Waals surface area contributed by atoms with E-state index in [1.165, 1.54) is 11.8 Å². The Labute approximate surface area is 161 Å². The van der Waals surface area contributed by atoms with Crippen LogP contribution in [0.5, 0.6) is 0 Å². The van der Waals surface area contributed by atoms with E-state index in [1.54, 1.807) is 12.4 Å². The number of hydrogen-bond donors (Lipinski definition) is 1. The second-order valence-electron chi connectivity index (χ2n) is 6.41. The van der Waals surface area contributed by atoms with Crippen molar-refractivity contribution in [2.75, 3.05) is 11.5 Å². The van der Waals surface area contributed by atoms with Gasteiger partial charge in [0.25, 0.3) is 0 Å². The highest BCUT2D eigenvalue weighted by Gasteiger charge is 2.38. The van der Waals surface area contributed by atoms with Crippen LogP contribution in [0.3, 0.4) is 0 Å². The maximum absolute atomic E-state index is 11.8. The van der Waals surface area contributed by atoms with Gasteiger partial charge in [0.05, 0.1) is 29.4 Å². The van der Waals surface area contributed by atoms with Crippen LogP contribution in [-0.2, 0) is 16.4 Å². The Morgan fingerprint density at radius 2 is 1.81 bits per heavy atom. The third kappa shape index (κ3) is 4.05. The van der Waals surface area contributed by atoms with Crippen LogP contribution in [0.25, 0.3) is 11.4 Å². The summed E-state index contributed by atoms with van der Waals surface area (Å²) in [5.74, 6) is 0.426. The summed E-state index contributed by atoms with van der Waals surface area (Å²) in [6.07, 6.45) is 2.49. The standard InChI is InChI=1S/C18H18N4O3S2/c23-15-11-27(24,25)12-16(15)26-18-21-20-17(14-6-8-19-9-7-14)22(18)10-13-4-2-1-3-5-13/h1-9,15-16,23H,10-12H2/t15-,16-/m0/s1. The molecule has 4 rings (SSSR count). The second kappa shape index (κ2) is 7.41. The van der Waals surface area contributed by atoms with Crippen molar-refractivity contribution < 1.29 is 13.5 Å². The highest BCUT2D eigenvalue weighted by atomic mass is 32.2. The summed E-state index contributed by atoms with van der Waals surface area (Å²) >= 11 is 1.27. The number of hydrogen-bond acceptors (Lipinski definition) is 7. The van der Waals surface area contributed by atoms with E-state index in [9.17, 15) is 13.5 Å². The number of aromatic nitrogens is 4. The fourth-order valence-corrected chi connectivity index (χ4v) is 6.56. The highest BCUT2D eigenvalue weighted by Crippen LogP contribution is 2.32. The highest BCUT2D eigenvalue weighted by molar-refractivity contribution is 8.01. The molecule has 3 aromatic rings. The summed E-state index contributed by atoms with van der Waals surface area (Å²) in [7, 11) is -3.22. The van der Waals surface area contributed by atoms with Gasteiger partial charge in [0, 0.05) is 18.0 Å². The van der Waals surface area contributed by atoms with Crippen LogP contribution in [0.15, 0.2) is 60.0 Å². The Morgan fingerprint density at radius 3 is 2.48 bits per heavy atom. The van der Waals surface area contributed by atoms with Gasteiger partial charge in [0.2, 0.25) is 0 Å². The Balaban J connectivity index is 1.70. The first-order chi connectivity index (χ1) is 13.0. The number of thioether (sulfide) groups is 1. The summed E-state index contributed by atoms with van der Waals surface area (Å²) in [5.41, 5.74) is 1.95. The molecule has 0 radical (unpaired) electrons. The molecule has 1 saturated heterocycles.